The van der Waals surface area contributed by atoms with Crippen LogP contribution < -0.4 is 0 Å². The highest BCUT2D eigenvalue weighted by Gasteiger charge is 2.33. The van der Waals surface area contributed by atoms with Crippen LogP contribution in [-0.2, 0) is 22.4 Å². The molecule has 1 saturated heterocycles. The first kappa shape index (κ1) is 13.6. The third-order valence-electron chi connectivity index (χ3n) is 4.36. The Bertz CT molecular complexity index is 476. The van der Waals surface area contributed by atoms with E-state index in [1.807, 2.05) is 0 Å². The highest BCUT2D eigenvalue weighted by atomic mass is 16.5. The second-order valence-corrected chi connectivity index (χ2v) is 5.92. The first-order valence-corrected chi connectivity index (χ1v) is 7.29. The monoisotopic (exact) mass is 274 g/mol. The van der Waals surface area contributed by atoms with E-state index >= 15 is 0 Å². The second-order valence-electron chi connectivity index (χ2n) is 5.92. The summed E-state index contributed by atoms with van der Waals surface area (Å²) in [5.74, 6) is 0.0743. The van der Waals surface area contributed by atoms with Crippen molar-refractivity contribution in [2.45, 2.75) is 25.0 Å². The summed E-state index contributed by atoms with van der Waals surface area (Å²) < 4.78 is 5.64. The molecule has 20 heavy (non-hydrogen) atoms. The minimum absolute atomic E-state index is 0.0743. The van der Waals surface area contributed by atoms with Crippen LogP contribution in [0.2, 0.25) is 0 Å². The van der Waals surface area contributed by atoms with Gasteiger partial charge in [-0.3, -0.25) is 9.69 Å². The van der Waals surface area contributed by atoms with Crippen molar-refractivity contribution >= 4 is 5.91 Å². The molecule has 1 aromatic rings. The number of rotatable bonds is 2. The van der Waals surface area contributed by atoms with Crippen molar-refractivity contribution in [3.8, 4) is 0 Å². The van der Waals surface area contributed by atoms with E-state index < -0.39 is 0 Å². The van der Waals surface area contributed by atoms with E-state index in [-0.39, 0.29) is 12.0 Å². The third-order valence-corrected chi connectivity index (χ3v) is 4.36. The van der Waals surface area contributed by atoms with Crippen LogP contribution in [0.15, 0.2) is 24.3 Å². The van der Waals surface area contributed by atoms with Crippen LogP contribution >= 0.6 is 0 Å². The zero-order valence-corrected chi connectivity index (χ0v) is 12.2. The first-order valence-electron chi connectivity index (χ1n) is 7.29. The quantitative estimate of drug-likeness (QED) is 0.805. The number of hydrogen-bond acceptors (Lipinski definition) is 3. The van der Waals surface area contributed by atoms with Gasteiger partial charge in [0.15, 0.2) is 0 Å². The lowest BCUT2D eigenvalue weighted by atomic mass is 10.1. The molecular formula is C16H22N2O2. The largest absolute Gasteiger partial charge is 0.366 e. The van der Waals surface area contributed by atoms with E-state index in [2.05, 4.69) is 29.2 Å². The Morgan fingerprint density at radius 3 is 2.50 bits per heavy atom. The van der Waals surface area contributed by atoms with E-state index in [4.69, 9.17) is 4.74 Å². The van der Waals surface area contributed by atoms with Crippen LogP contribution in [0, 0.1) is 0 Å². The van der Waals surface area contributed by atoms with Crippen molar-refractivity contribution < 1.29 is 9.53 Å². The van der Waals surface area contributed by atoms with Gasteiger partial charge in [-0.2, -0.15) is 0 Å². The van der Waals surface area contributed by atoms with Crippen LogP contribution in [0.25, 0.3) is 0 Å². The molecule has 2 aliphatic rings. The fourth-order valence-electron chi connectivity index (χ4n) is 3.23. The SMILES string of the molecule is CN(C)C(=O)C1CN(C2Cc3ccccc3C2)CCO1. The van der Waals surface area contributed by atoms with Gasteiger partial charge in [-0.25, -0.2) is 0 Å². The maximum absolute atomic E-state index is 12.1. The van der Waals surface area contributed by atoms with Crippen LogP contribution in [0.4, 0.5) is 0 Å². The third kappa shape index (κ3) is 2.58. The molecule has 4 heteroatoms. The molecule has 1 fully saturated rings. The summed E-state index contributed by atoms with van der Waals surface area (Å²) in [6, 6.07) is 9.18. The van der Waals surface area contributed by atoms with Gasteiger partial charge in [-0.1, -0.05) is 24.3 Å². The number of carbonyl (C=O) groups excluding carboxylic acids is 1. The summed E-state index contributed by atoms with van der Waals surface area (Å²) >= 11 is 0. The van der Waals surface area contributed by atoms with Gasteiger partial charge in [0.05, 0.1) is 6.61 Å². The minimum atomic E-state index is -0.303. The highest BCUT2D eigenvalue weighted by Crippen LogP contribution is 2.26. The number of carbonyl (C=O) groups is 1. The molecule has 0 saturated carbocycles. The van der Waals surface area contributed by atoms with Gasteiger partial charge in [0.1, 0.15) is 6.10 Å². The number of amides is 1. The van der Waals surface area contributed by atoms with Crippen molar-refractivity contribution in [2.24, 2.45) is 0 Å². The molecule has 4 nitrogen and oxygen atoms in total. The summed E-state index contributed by atoms with van der Waals surface area (Å²) in [7, 11) is 3.58. The second kappa shape index (κ2) is 5.54. The van der Waals surface area contributed by atoms with E-state index in [1.165, 1.54) is 11.1 Å². The van der Waals surface area contributed by atoms with Crippen molar-refractivity contribution in [1.29, 1.82) is 0 Å². The van der Waals surface area contributed by atoms with Crippen molar-refractivity contribution in [3.63, 3.8) is 0 Å². The molecular weight excluding hydrogens is 252 g/mol. The van der Waals surface area contributed by atoms with Gasteiger partial charge >= 0.3 is 0 Å². The number of benzene rings is 1. The lowest BCUT2D eigenvalue weighted by Crippen LogP contribution is -2.52. The van der Waals surface area contributed by atoms with Crippen LogP contribution in [0.5, 0.6) is 0 Å². The number of morpholine rings is 1. The molecule has 1 atom stereocenters. The Kier molecular flexibility index (Phi) is 3.76. The standard InChI is InChI=1S/C16H22N2O2/c1-17(2)16(19)15-11-18(7-8-20-15)14-9-12-5-3-4-6-13(12)10-14/h3-6,14-15H,7-11H2,1-2H3. The Labute approximate surface area is 120 Å². The summed E-state index contributed by atoms with van der Waals surface area (Å²) in [5.41, 5.74) is 2.92. The predicted molar refractivity (Wildman–Crippen MR) is 77.6 cm³/mol. The summed E-state index contributed by atoms with van der Waals surface area (Å²) in [5, 5.41) is 0. The van der Waals surface area contributed by atoms with Gasteiger partial charge < -0.3 is 9.64 Å². The topological polar surface area (TPSA) is 32.8 Å². The van der Waals surface area contributed by atoms with E-state index in [9.17, 15) is 4.79 Å². The van der Waals surface area contributed by atoms with Gasteiger partial charge in [-0.15, -0.1) is 0 Å². The molecule has 1 amide bonds. The fraction of sp³-hybridized carbons (Fsp3) is 0.562. The lowest BCUT2D eigenvalue weighted by molar-refractivity contribution is -0.147. The number of ether oxygens (including phenoxy) is 1. The zero-order valence-electron chi connectivity index (χ0n) is 12.2. The van der Waals surface area contributed by atoms with E-state index in [1.54, 1.807) is 19.0 Å². The molecule has 3 rings (SSSR count). The summed E-state index contributed by atoms with van der Waals surface area (Å²) in [6.45, 7) is 2.29. The number of fused-ring (bicyclic) bond motifs is 1. The first-order chi connectivity index (χ1) is 9.65. The molecule has 0 spiro atoms. The molecule has 1 unspecified atom stereocenters. The van der Waals surface area contributed by atoms with Crippen LogP contribution in [0.3, 0.4) is 0 Å². The maximum Gasteiger partial charge on any atom is 0.252 e. The Balaban J connectivity index is 1.66. The Morgan fingerprint density at radius 2 is 1.90 bits per heavy atom. The fourth-order valence-corrected chi connectivity index (χ4v) is 3.23. The van der Waals surface area contributed by atoms with Gasteiger partial charge in [-0.05, 0) is 24.0 Å². The number of likely N-dealkylation sites (N-methyl/N-ethyl adjacent to an activating group) is 1. The van der Waals surface area contributed by atoms with E-state index in [0.29, 0.717) is 12.6 Å². The number of nitrogens with zero attached hydrogens (tertiary/aromatic N) is 2. The smallest absolute Gasteiger partial charge is 0.252 e. The molecule has 1 aromatic carbocycles. The summed E-state index contributed by atoms with van der Waals surface area (Å²) in [6.07, 6.45) is 1.89. The summed E-state index contributed by atoms with van der Waals surface area (Å²) in [4.78, 5) is 16.1. The van der Waals surface area contributed by atoms with E-state index in [0.717, 1.165) is 25.9 Å². The molecule has 1 aliphatic carbocycles. The molecule has 108 valence electrons. The molecule has 0 radical (unpaired) electrons. The predicted octanol–water partition coefficient (Wildman–Crippen LogP) is 0.943. The van der Waals surface area contributed by atoms with Gasteiger partial charge in [0.2, 0.25) is 0 Å². The molecule has 0 bridgehead atoms. The van der Waals surface area contributed by atoms with Crippen molar-refractivity contribution in [3.05, 3.63) is 35.4 Å². The zero-order chi connectivity index (χ0) is 14.1. The van der Waals surface area contributed by atoms with Crippen LogP contribution in [-0.4, -0.2) is 61.6 Å². The lowest BCUT2D eigenvalue weighted by Gasteiger charge is -2.36. The Morgan fingerprint density at radius 1 is 1.25 bits per heavy atom. The van der Waals surface area contributed by atoms with Gasteiger partial charge in [0, 0.05) is 33.2 Å². The Hall–Kier alpha value is -1.39. The highest BCUT2D eigenvalue weighted by molar-refractivity contribution is 5.80. The van der Waals surface area contributed by atoms with Crippen molar-refractivity contribution in [2.75, 3.05) is 33.8 Å². The molecule has 1 heterocycles. The normalized spacial score (nSPS) is 23.6. The molecule has 1 aliphatic heterocycles. The maximum atomic E-state index is 12.1. The van der Waals surface area contributed by atoms with Crippen LogP contribution in [0.1, 0.15) is 11.1 Å². The average Bonchev–Trinajstić information content (AvgIpc) is 2.90. The van der Waals surface area contributed by atoms with Gasteiger partial charge in [0.25, 0.3) is 5.91 Å². The van der Waals surface area contributed by atoms with Crippen molar-refractivity contribution in [1.82, 2.24) is 9.80 Å². The molecule has 0 N–H and O–H groups in total. The average molecular weight is 274 g/mol. The number of hydrogen-bond donors (Lipinski definition) is 0. The minimum Gasteiger partial charge on any atom is -0.366 e. The molecule has 0 aromatic heterocycles.